The Labute approximate surface area is 196 Å². The van der Waals surface area contributed by atoms with E-state index in [0.29, 0.717) is 25.4 Å². The maximum atomic E-state index is 14.6. The molecular weight excluding hydrogens is 432 g/mol. The van der Waals surface area contributed by atoms with Crippen LogP contribution < -0.4 is 10.1 Å². The third kappa shape index (κ3) is 4.87. The highest BCUT2D eigenvalue weighted by Gasteiger charge is 2.35. The van der Waals surface area contributed by atoms with Crippen molar-refractivity contribution in [2.24, 2.45) is 0 Å². The van der Waals surface area contributed by atoms with Crippen LogP contribution in [0.25, 0.3) is 0 Å². The predicted molar refractivity (Wildman–Crippen MR) is 133 cm³/mol. The topological polar surface area (TPSA) is 58.6 Å². The lowest BCUT2D eigenvalue weighted by atomic mass is 9.99. The minimum absolute atomic E-state index is 0.0517. The van der Waals surface area contributed by atoms with Gasteiger partial charge in [-0.1, -0.05) is 48.5 Å². The molecule has 1 heterocycles. The SMILES string of the molecule is COc1cccc2c1CN(CC(=O)NCCS(C)(=O)(c1ccccc1)c1ccccc1)CC2. The monoisotopic (exact) mass is 464 g/mol. The van der Waals surface area contributed by atoms with Crippen molar-refractivity contribution < 1.29 is 13.7 Å². The van der Waals surface area contributed by atoms with Crippen LogP contribution in [0.1, 0.15) is 11.1 Å². The molecule has 33 heavy (non-hydrogen) atoms. The Kier molecular flexibility index (Phi) is 6.68. The molecule has 0 unspecified atom stereocenters. The van der Waals surface area contributed by atoms with Crippen molar-refractivity contribution in [3.63, 3.8) is 0 Å². The third-order valence-corrected chi connectivity index (χ3v) is 10.7. The Morgan fingerprint density at radius 3 is 2.21 bits per heavy atom. The summed E-state index contributed by atoms with van der Waals surface area (Å²) in [6.45, 7) is 2.17. The first-order valence-corrected chi connectivity index (χ1v) is 13.8. The molecular formula is C27H32N2O3S. The van der Waals surface area contributed by atoms with Crippen LogP contribution in [0.2, 0.25) is 0 Å². The van der Waals surface area contributed by atoms with Crippen molar-refractivity contribution in [2.75, 3.05) is 38.8 Å². The summed E-state index contributed by atoms with van der Waals surface area (Å²) in [6.07, 6.45) is 2.73. The molecule has 1 amide bonds. The van der Waals surface area contributed by atoms with Crippen LogP contribution in [-0.2, 0) is 26.8 Å². The van der Waals surface area contributed by atoms with Crippen LogP contribution in [0, 0.1) is 0 Å². The van der Waals surface area contributed by atoms with Crippen LogP contribution in [0.5, 0.6) is 5.75 Å². The number of ether oxygens (including phenoxy) is 1. The quantitative estimate of drug-likeness (QED) is 0.552. The van der Waals surface area contributed by atoms with Crippen LogP contribution in [0.4, 0.5) is 0 Å². The highest BCUT2D eigenvalue weighted by molar-refractivity contribution is 8.19. The molecule has 3 aromatic rings. The average molecular weight is 465 g/mol. The summed E-state index contributed by atoms with van der Waals surface area (Å²) < 4.78 is 20.1. The first-order chi connectivity index (χ1) is 15.9. The van der Waals surface area contributed by atoms with Gasteiger partial charge in [-0.15, -0.1) is 0 Å². The standard InChI is InChI=1S/C27H32N2O3S/c1-32-26-15-9-10-22-16-18-29(20-25(22)26)21-27(30)28-17-19-33(2,31,23-11-5-3-6-12-23)24-13-7-4-8-14-24/h3-15H,16-21H2,1-2H3,(H,28,30). The van der Waals surface area contributed by atoms with Gasteiger partial charge in [0.2, 0.25) is 5.91 Å². The Balaban J connectivity index is 1.42. The average Bonchev–Trinajstić information content (AvgIpc) is 2.85. The number of nitrogens with one attached hydrogen (secondary N) is 1. The molecule has 1 N–H and O–H groups in total. The lowest BCUT2D eigenvalue weighted by Crippen LogP contribution is -2.44. The lowest BCUT2D eigenvalue weighted by molar-refractivity contribution is -0.122. The molecule has 0 bridgehead atoms. The molecule has 1 aliphatic heterocycles. The highest BCUT2D eigenvalue weighted by Crippen LogP contribution is 2.40. The first-order valence-electron chi connectivity index (χ1n) is 11.3. The van der Waals surface area contributed by atoms with E-state index in [1.165, 1.54) is 5.56 Å². The van der Waals surface area contributed by atoms with Gasteiger partial charge in [-0.3, -0.25) is 13.9 Å². The fourth-order valence-electron chi connectivity index (χ4n) is 4.55. The second-order valence-electron chi connectivity index (χ2n) is 8.78. The van der Waals surface area contributed by atoms with E-state index < -0.39 is 9.07 Å². The number of carbonyl (C=O) groups is 1. The first kappa shape index (κ1) is 23.2. The third-order valence-electron chi connectivity index (χ3n) is 6.53. The number of methoxy groups -OCH3 is 1. The summed E-state index contributed by atoms with van der Waals surface area (Å²) in [7, 11) is -1.69. The second kappa shape index (κ2) is 9.49. The molecule has 1 aliphatic rings. The van der Waals surface area contributed by atoms with Crippen molar-refractivity contribution in [3.05, 3.63) is 90.0 Å². The van der Waals surface area contributed by atoms with E-state index in [1.807, 2.05) is 79.1 Å². The Hall–Kier alpha value is -2.96. The summed E-state index contributed by atoms with van der Waals surface area (Å²) >= 11 is 0. The number of amides is 1. The second-order valence-corrected chi connectivity index (χ2v) is 13.2. The molecule has 0 aromatic heterocycles. The van der Waals surface area contributed by atoms with Crippen LogP contribution in [-0.4, -0.2) is 53.8 Å². The van der Waals surface area contributed by atoms with E-state index in [4.69, 9.17) is 4.74 Å². The largest absolute Gasteiger partial charge is 0.496 e. The zero-order valence-corrected chi connectivity index (χ0v) is 20.1. The highest BCUT2D eigenvalue weighted by atomic mass is 32.3. The van der Waals surface area contributed by atoms with E-state index in [1.54, 1.807) is 7.11 Å². The Morgan fingerprint density at radius 1 is 0.970 bits per heavy atom. The van der Waals surface area contributed by atoms with Crippen molar-refractivity contribution >= 4 is 15.0 Å². The summed E-state index contributed by atoms with van der Waals surface area (Å²) in [5, 5.41) is 3.02. The van der Waals surface area contributed by atoms with Gasteiger partial charge in [-0.2, -0.15) is 0 Å². The minimum Gasteiger partial charge on any atom is -0.496 e. The Bertz CT molecular complexity index is 1120. The molecule has 0 atom stereocenters. The van der Waals surface area contributed by atoms with Gasteiger partial charge in [0, 0.05) is 47.0 Å². The van der Waals surface area contributed by atoms with Gasteiger partial charge in [0.1, 0.15) is 5.75 Å². The summed E-state index contributed by atoms with van der Waals surface area (Å²) in [5.41, 5.74) is 2.44. The van der Waals surface area contributed by atoms with Gasteiger partial charge in [0.15, 0.2) is 0 Å². The van der Waals surface area contributed by atoms with E-state index in [-0.39, 0.29) is 5.91 Å². The predicted octanol–water partition coefficient (Wildman–Crippen LogP) is 3.74. The van der Waals surface area contributed by atoms with Crippen molar-refractivity contribution in [1.29, 1.82) is 0 Å². The van der Waals surface area contributed by atoms with Crippen LogP contribution >= 0.6 is 0 Å². The number of fused-ring (bicyclic) bond motifs is 1. The van der Waals surface area contributed by atoms with Gasteiger partial charge in [-0.25, -0.2) is 0 Å². The molecule has 0 aliphatic carbocycles. The maximum absolute atomic E-state index is 14.6. The molecule has 3 aromatic carbocycles. The van der Waals surface area contributed by atoms with Gasteiger partial charge in [-0.05, 0) is 51.4 Å². The number of hydrogen-bond acceptors (Lipinski definition) is 4. The fraction of sp³-hybridized carbons (Fsp3) is 0.296. The van der Waals surface area contributed by atoms with Crippen molar-refractivity contribution in [1.82, 2.24) is 10.2 Å². The summed E-state index contributed by atoms with van der Waals surface area (Å²) in [5.74, 6) is 1.18. The molecule has 4 rings (SSSR count). The lowest BCUT2D eigenvalue weighted by Gasteiger charge is -2.39. The summed E-state index contributed by atoms with van der Waals surface area (Å²) in [4.78, 5) is 16.5. The van der Waals surface area contributed by atoms with E-state index >= 15 is 0 Å². The van der Waals surface area contributed by atoms with E-state index in [0.717, 1.165) is 34.1 Å². The zero-order valence-electron chi connectivity index (χ0n) is 19.3. The van der Waals surface area contributed by atoms with Gasteiger partial charge in [0.25, 0.3) is 0 Å². The smallest absolute Gasteiger partial charge is 0.234 e. The molecule has 6 heteroatoms. The summed E-state index contributed by atoms with van der Waals surface area (Å²) in [6, 6.07) is 25.3. The fourth-order valence-corrected chi connectivity index (χ4v) is 7.63. The molecule has 0 radical (unpaired) electrons. The Morgan fingerprint density at radius 2 is 1.61 bits per heavy atom. The molecule has 174 valence electrons. The molecule has 5 nitrogen and oxygen atoms in total. The van der Waals surface area contributed by atoms with Crippen LogP contribution in [0.15, 0.2) is 88.7 Å². The number of benzene rings is 3. The van der Waals surface area contributed by atoms with E-state index in [9.17, 15) is 9.00 Å². The number of carbonyl (C=O) groups excluding carboxylic acids is 1. The van der Waals surface area contributed by atoms with E-state index in [2.05, 4.69) is 16.3 Å². The van der Waals surface area contributed by atoms with Gasteiger partial charge >= 0.3 is 0 Å². The van der Waals surface area contributed by atoms with Crippen LogP contribution in [0.3, 0.4) is 0 Å². The number of hydrogen-bond donors (Lipinski definition) is 1. The van der Waals surface area contributed by atoms with Crippen molar-refractivity contribution in [3.8, 4) is 5.75 Å². The van der Waals surface area contributed by atoms with Gasteiger partial charge < -0.3 is 10.1 Å². The zero-order chi connectivity index (χ0) is 23.3. The minimum atomic E-state index is -3.37. The normalized spacial score (nSPS) is 15.2. The van der Waals surface area contributed by atoms with Crippen molar-refractivity contribution in [2.45, 2.75) is 22.8 Å². The molecule has 0 saturated heterocycles. The maximum Gasteiger partial charge on any atom is 0.234 e. The molecule has 0 spiro atoms. The van der Waals surface area contributed by atoms with Gasteiger partial charge in [0.05, 0.1) is 13.7 Å². The molecule has 0 saturated carbocycles. The molecule has 0 fully saturated rings. The number of rotatable bonds is 8. The number of nitrogens with zero attached hydrogens (tertiary/aromatic N) is 1.